The number of carbonyl (C=O) groups is 2. The van der Waals surface area contributed by atoms with E-state index in [4.69, 9.17) is 4.74 Å². The number of amides is 2. The summed E-state index contributed by atoms with van der Waals surface area (Å²) in [7, 11) is 3.50. The van der Waals surface area contributed by atoms with Crippen LogP contribution in [0.3, 0.4) is 0 Å². The van der Waals surface area contributed by atoms with E-state index in [0.717, 1.165) is 30.5 Å². The number of anilines is 1. The first-order valence-corrected chi connectivity index (χ1v) is 9.32. The van der Waals surface area contributed by atoms with Crippen molar-refractivity contribution in [3.8, 4) is 0 Å². The summed E-state index contributed by atoms with van der Waals surface area (Å²) < 4.78 is 6.09. The number of hydrogen-bond donors (Lipinski definition) is 0. The maximum atomic E-state index is 13.0. The maximum absolute atomic E-state index is 13.0. The Labute approximate surface area is 149 Å². The van der Waals surface area contributed by atoms with Crippen molar-refractivity contribution in [1.29, 1.82) is 0 Å². The molecular formula is C20H28N2O3. The van der Waals surface area contributed by atoms with Crippen LogP contribution in [0.25, 0.3) is 0 Å². The summed E-state index contributed by atoms with van der Waals surface area (Å²) in [5.74, 6) is 0.0448. The highest BCUT2D eigenvalue weighted by Gasteiger charge is 2.32. The zero-order chi connectivity index (χ0) is 18.0. The van der Waals surface area contributed by atoms with Crippen LogP contribution in [-0.2, 0) is 16.0 Å². The number of benzene rings is 1. The molecule has 0 aromatic heterocycles. The zero-order valence-electron chi connectivity index (χ0n) is 15.5. The van der Waals surface area contributed by atoms with Gasteiger partial charge in [0.1, 0.15) is 6.10 Å². The number of hydrogen-bond acceptors (Lipinski definition) is 3. The smallest absolute Gasteiger partial charge is 0.256 e. The van der Waals surface area contributed by atoms with Crippen LogP contribution in [0.5, 0.6) is 0 Å². The van der Waals surface area contributed by atoms with Crippen molar-refractivity contribution in [1.82, 2.24) is 4.90 Å². The van der Waals surface area contributed by atoms with Crippen LogP contribution in [0.1, 0.15) is 54.9 Å². The Morgan fingerprint density at radius 3 is 2.64 bits per heavy atom. The Hall–Kier alpha value is -1.88. The molecule has 5 nitrogen and oxygen atoms in total. The van der Waals surface area contributed by atoms with Crippen LogP contribution >= 0.6 is 0 Å². The van der Waals surface area contributed by atoms with Gasteiger partial charge in [-0.3, -0.25) is 9.59 Å². The largest absolute Gasteiger partial charge is 0.365 e. The van der Waals surface area contributed by atoms with Gasteiger partial charge in [0, 0.05) is 31.9 Å². The van der Waals surface area contributed by atoms with Gasteiger partial charge in [-0.2, -0.15) is 0 Å². The van der Waals surface area contributed by atoms with E-state index in [-0.39, 0.29) is 24.0 Å². The lowest BCUT2D eigenvalue weighted by molar-refractivity contribution is -0.133. The van der Waals surface area contributed by atoms with Crippen LogP contribution < -0.4 is 4.90 Å². The summed E-state index contributed by atoms with van der Waals surface area (Å²) in [5, 5.41) is 0. The molecule has 1 aromatic carbocycles. The lowest BCUT2D eigenvalue weighted by Crippen LogP contribution is -2.40. The Balaban J connectivity index is 1.74. The van der Waals surface area contributed by atoms with E-state index in [1.165, 1.54) is 12.8 Å². The molecule has 1 atom stereocenters. The molecule has 1 saturated carbocycles. The molecule has 1 unspecified atom stereocenters. The van der Waals surface area contributed by atoms with Crippen LogP contribution in [0, 0.1) is 0 Å². The molecule has 5 heteroatoms. The van der Waals surface area contributed by atoms with Gasteiger partial charge in [-0.25, -0.2) is 0 Å². The van der Waals surface area contributed by atoms with Gasteiger partial charge in [0.15, 0.2) is 0 Å². The monoisotopic (exact) mass is 344 g/mol. The summed E-state index contributed by atoms with van der Waals surface area (Å²) in [6.45, 7) is 2.67. The molecule has 136 valence electrons. The van der Waals surface area contributed by atoms with Crippen molar-refractivity contribution in [2.75, 3.05) is 25.5 Å². The molecule has 1 aliphatic carbocycles. The van der Waals surface area contributed by atoms with E-state index in [0.29, 0.717) is 18.5 Å². The second kappa shape index (κ2) is 7.56. The van der Waals surface area contributed by atoms with Gasteiger partial charge in [-0.05, 0) is 49.4 Å². The standard InChI is InChI=1S/C20H28N2O3/c1-4-18(25-16-7-5-6-8-16)20(24)22-12-11-14-13-15(9-10-17(14)22)19(23)21(2)3/h9-10,13,16,18H,4-8,11-12H2,1-3H3. The van der Waals surface area contributed by atoms with Gasteiger partial charge in [-0.15, -0.1) is 0 Å². The van der Waals surface area contributed by atoms with Crippen molar-refractivity contribution in [3.05, 3.63) is 29.3 Å². The summed E-state index contributed by atoms with van der Waals surface area (Å²) >= 11 is 0. The summed E-state index contributed by atoms with van der Waals surface area (Å²) in [5.41, 5.74) is 2.66. The average molecular weight is 344 g/mol. The molecule has 1 aromatic rings. The van der Waals surface area contributed by atoms with E-state index in [9.17, 15) is 9.59 Å². The Bertz CT molecular complexity index is 650. The molecule has 3 rings (SSSR count). The minimum absolute atomic E-state index is 0.0106. The topological polar surface area (TPSA) is 49.9 Å². The van der Waals surface area contributed by atoms with Gasteiger partial charge in [0.25, 0.3) is 11.8 Å². The van der Waals surface area contributed by atoms with E-state index >= 15 is 0 Å². The van der Waals surface area contributed by atoms with Crippen molar-refractivity contribution in [3.63, 3.8) is 0 Å². The Morgan fingerprint density at radius 2 is 2.00 bits per heavy atom. The summed E-state index contributed by atoms with van der Waals surface area (Å²) in [6.07, 6.45) is 5.88. The normalized spacial score (nSPS) is 18.3. The third-order valence-corrected chi connectivity index (χ3v) is 5.20. The number of ether oxygens (including phenoxy) is 1. The third kappa shape index (κ3) is 3.71. The number of nitrogens with zero attached hydrogens (tertiary/aromatic N) is 2. The fourth-order valence-corrected chi connectivity index (χ4v) is 3.78. The van der Waals surface area contributed by atoms with E-state index in [2.05, 4.69) is 0 Å². The van der Waals surface area contributed by atoms with Gasteiger partial charge >= 0.3 is 0 Å². The predicted molar refractivity (Wildman–Crippen MR) is 97.9 cm³/mol. The van der Waals surface area contributed by atoms with Gasteiger partial charge in [0.2, 0.25) is 0 Å². The molecule has 2 aliphatic rings. The number of fused-ring (bicyclic) bond motifs is 1. The fourth-order valence-electron chi connectivity index (χ4n) is 3.78. The third-order valence-electron chi connectivity index (χ3n) is 5.20. The lowest BCUT2D eigenvalue weighted by atomic mass is 10.1. The zero-order valence-corrected chi connectivity index (χ0v) is 15.5. The number of rotatable bonds is 5. The molecule has 2 amide bonds. The SMILES string of the molecule is CCC(OC1CCCC1)C(=O)N1CCc2cc(C(=O)N(C)C)ccc21. The Kier molecular flexibility index (Phi) is 5.42. The minimum atomic E-state index is -0.364. The molecule has 0 N–H and O–H groups in total. The molecule has 1 fully saturated rings. The molecule has 0 saturated heterocycles. The first kappa shape index (κ1) is 17.9. The van der Waals surface area contributed by atoms with Crippen LogP contribution in [0.15, 0.2) is 18.2 Å². The van der Waals surface area contributed by atoms with Gasteiger partial charge in [-0.1, -0.05) is 19.8 Å². The predicted octanol–water partition coefficient (Wildman–Crippen LogP) is 3.02. The first-order valence-electron chi connectivity index (χ1n) is 9.32. The summed E-state index contributed by atoms with van der Waals surface area (Å²) in [6, 6.07) is 5.63. The van der Waals surface area contributed by atoms with Crippen LogP contribution in [0.2, 0.25) is 0 Å². The van der Waals surface area contributed by atoms with E-state index < -0.39 is 0 Å². The molecule has 1 aliphatic heterocycles. The fraction of sp³-hybridized carbons (Fsp3) is 0.600. The van der Waals surface area contributed by atoms with Gasteiger partial charge < -0.3 is 14.5 Å². The molecule has 1 heterocycles. The maximum Gasteiger partial charge on any atom is 0.256 e. The molecule has 25 heavy (non-hydrogen) atoms. The van der Waals surface area contributed by atoms with Crippen molar-refractivity contribution in [2.45, 2.75) is 57.7 Å². The highest BCUT2D eigenvalue weighted by Crippen LogP contribution is 2.31. The Morgan fingerprint density at radius 1 is 1.28 bits per heavy atom. The summed E-state index contributed by atoms with van der Waals surface area (Å²) in [4.78, 5) is 28.5. The number of carbonyl (C=O) groups excluding carboxylic acids is 2. The van der Waals surface area contributed by atoms with Crippen LogP contribution in [0.4, 0.5) is 5.69 Å². The molecule has 0 radical (unpaired) electrons. The minimum Gasteiger partial charge on any atom is -0.365 e. The van der Waals surface area contributed by atoms with Crippen LogP contribution in [-0.4, -0.2) is 49.6 Å². The highest BCUT2D eigenvalue weighted by atomic mass is 16.5. The van der Waals surface area contributed by atoms with Crippen molar-refractivity contribution in [2.24, 2.45) is 0 Å². The van der Waals surface area contributed by atoms with E-state index in [1.807, 2.05) is 30.0 Å². The second-order valence-electron chi connectivity index (χ2n) is 7.22. The van der Waals surface area contributed by atoms with Crippen molar-refractivity contribution < 1.29 is 14.3 Å². The lowest BCUT2D eigenvalue weighted by Gasteiger charge is -2.26. The first-order chi connectivity index (χ1) is 12.0. The van der Waals surface area contributed by atoms with E-state index in [1.54, 1.807) is 19.0 Å². The second-order valence-corrected chi connectivity index (χ2v) is 7.22. The van der Waals surface area contributed by atoms with Gasteiger partial charge in [0.05, 0.1) is 6.10 Å². The quantitative estimate of drug-likeness (QED) is 0.825. The molecular weight excluding hydrogens is 316 g/mol. The molecule has 0 bridgehead atoms. The molecule has 0 spiro atoms. The highest BCUT2D eigenvalue weighted by molar-refractivity contribution is 6.00. The average Bonchev–Trinajstić information content (AvgIpc) is 3.27. The van der Waals surface area contributed by atoms with Crippen molar-refractivity contribution >= 4 is 17.5 Å².